The average molecular weight is 267 g/mol. The fourth-order valence-corrected chi connectivity index (χ4v) is 2.36. The Morgan fingerprint density at radius 3 is 2.38 bits per heavy atom. The molecule has 1 unspecified atom stereocenters. The molecule has 0 amide bonds. The third-order valence-corrected chi connectivity index (χ3v) is 3.28. The first-order chi connectivity index (χ1) is 7.38. The maximum atomic E-state index is 11.2. The zero-order chi connectivity index (χ0) is 12.3. The predicted molar refractivity (Wildman–Crippen MR) is 59.8 cm³/mol. The van der Waals surface area contributed by atoms with Crippen molar-refractivity contribution in [2.75, 3.05) is 14.2 Å². The second-order valence-corrected chi connectivity index (χ2v) is 5.19. The van der Waals surface area contributed by atoms with Gasteiger partial charge < -0.3 is 19.3 Å². The second-order valence-electron chi connectivity index (χ2n) is 3.10. The monoisotopic (exact) mass is 266 g/mol. The lowest BCUT2D eigenvalue weighted by atomic mass is 10.2. The van der Waals surface area contributed by atoms with Crippen molar-refractivity contribution in [1.82, 2.24) is 0 Å². The van der Waals surface area contributed by atoms with Crippen LogP contribution in [0.2, 0.25) is 5.02 Å². The van der Waals surface area contributed by atoms with E-state index >= 15 is 0 Å². The minimum Gasteiger partial charge on any atom is -0.497 e. The number of rotatable bonds is 4. The molecule has 0 heterocycles. The quantitative estimate of drug-likeness (QED) is 0.817. The van der Waals surface area contributed by atoms with Crippen LogP contribution in [0.15, 0.2) is 18.2 Å². The molecule has 0 saturated carbocycles. The normalized spacial score (nSPS) is 13.6. The van der Waals surface area contributed by atoms with E-state index in [1.54, 1.807) is 0 Å². The van der Waals surface area contributed by atoms with E-state index in [0.29, 0.717) is 10.8 Å². The van der Waals surface area contributed by atoms with Crippen LogP contribution in [-0.2, 0) is 9.30 Å². The first-order valence-corrected chi connectivity index (χ1v) is 6.37. The van der Waals surface area contributed by atoms with Crippen LogP contribution in [-0.4, -0.2) is 24.0 Å². The van der Waals surface area contributed by atoms with E-state index in [1.165, 1.54) is 32.4 Å². The van der Waals surface area contributed by atoms with Gasteiger partial charge in [-0.2, -0.15) is 0 Å². The van der Waals surface area contributed by atoms with Crippen molar-refractivity contribution in [3.05, 3.63) is 28.8 Å². The van der Waals surface area contributed by atoms with Crippen molar-refractivity contribution in [3.63, 3.8) is 0 Å². The van der Waals surface area contributed by atoms with Crippen molar-refractivity contribution >= 4 is 19.2 Å². The summed E-state index contributed by atoms with van der Waals surface area (Å²) in [6.45, 7) is 0. The van der Waals surface area contributed by atoms with E-state index in [2.05, 4.69) is 0 Å². The minimum absolute atomic E-state index is 0.278. The first-order valence-electron chi connectivity index (χ1n) is 4.31. The molecule has 0 aliphatic heterocycles. The number of hydrogen-bond donors (Lipinski definition) is 2. The van der Waals surface area contributed by atoms with Crippen molar-refractivity contribution in [2.24, 2.45) is 0 Å². The third-order valence-electron chi connectivity index (χ3n) is 1.94. The molecule has 0 spiro atoms. The van der Waals surface area contributed by atoms with E-state index in [0.717, 1.165) is 0 Å². The number of methoxy groups -OCH3 is 2. The van der Waals surface area contributed by atoms with E-state index in [9.17, 15) is 4.57 Å². The zero-order valence-corrected chi connectivity index (χ0v) is 10.4. The SMILES string of the molecule is COc1cc(Cl)cc(C(OC)P(=O)(O)O)c1. The van der Waals surface area contributed by atoms with Gasteiger partial charge in [0.15, 0.2) is 5.85 Å². The Morgan fingerprint density at radius 1 is 1.31 bits per heavy atom. The van der Waals surface area contributed by atoms with Crippen LogP contribution in [0.4, 0.5) is 0 Å². The predicted octanol–water partition coefficient (Wildman–Crippen LogP) is 2.17. The summed E-state index contributed by atoms with van der Waals surface area (Å²) in [6.07, 6.45) is 0. The molecule has 1 rings (SSSR count). The molecule has 0 aromatic heterocycles. The molecule has 16 heavy (non-hydrogen) atoms. The Bertz CT molecular complexity index is 416. The molecule has 0 aliphatic rings. The highest BCUT2D eigenvalue weighted by Crippen LogP contribution is 2.52. The van der Waals surface area contributed by atoms with Crippen molar-refractivity contribution < 1.29 is 23.8 Å². The lowest BCUT2D eigenvalue weighted by Crippen LogP contribution is -2.02. The number of hydrogen-bond acceptors (Lipinski definition) is 3. The van der Waals surface area contributed by atoms with Gasteiger partial charge in [0.25, 0.3) is 0 Å². The van der Waals surface area contributed by atoms with Crippen LogP contribution < -0.4 is 4.74 Å². The highest BCUT2D eigenvalue weighted by Gasteiger charge is 2.30. The lowest BCUT2D eigenvalue weighted by molar-refractivity contribution is 0.137. The summed E-state index contributed by atoms with van der Waals surface area (Å²) in [6, 6.07) is 4.44. The highest BCUT2D eigenvalue weighted by atomic mass is 35.5. The van der Waals surface area contributed by atoms with Gasteiger partial charge in [-0.1, -0.05) is 11.6 Å². The lowest BCUT2D eigenvalue weighted by Gasteiger charge is -2.17. The van der Waals surface area contributed by atoms with E-state index in [-0.39, 0.29) is 5.56 Å². The summed E-state index contributed by atoms with van der Waals surface area (Å²) in [5, 5.41) is 0.324. The average Bonchev–Trinajstić information content (AvgIpc) is 2.15. The molecule has 0 radical (unpaired) electrons. The molecule has 7 heteroatoms. The molecule has 1 atom stereocenters. The maximum absolute atomic E-state index is 11.2. The van der Waals surface area contributed by atoms with Gasteiger partial charge in [0, 0.05) is 12.1 Å². The second kappa shape index (κ2) is 5.17. The zero-order valence-electron chi connectivity index (χ0n) is 8.75. The summed E-state index contributed by atoms with van der Waals surface area (Å²) in [4.78, 5) is 18.2. The van der Waals surface area contributed by atoms with Crippen molar-refractivity contribution in [1.29, 1.82) is 0 Å². The van der Waals surface area contributed by atoms with Gasteiger partial charge in [-0.15, -0.1) is 0 Å². The molecular formula is C9H12ClO5P. The Hall–Kier alpha value is -0.580. The molecule has 0 aliphatic carbocycles. The van der Waals surface area contributed by atoms with Crippen molar-refractivity contribution in [2.45, 2.75) is 5.85 Å². The maximum Gasteiger partial charge on any atom is 0.358 e. The number of benzene rings is 1. The smallest absolute Gasteiger partial charge is 0.358 e. The molecule has 1 aromatic rings. The van der Waals surface area contributed by atoms with E-state index in [1.807, 2.05) is 0 Å². The fourth-order valence-electron chi connectivity index (χ4n) is 1.31. The fraction of sp³-hybridized carbons (Fsp3) is 0.333. The molecule has 90 valence electrons. The minimum atomic E-state index is -4.38. The molecule has 0 saturated heterocycles. The van der Waals surface area contributed by atoms with Crippen LogP contribution in [0.25, 0.3) is 0 Å². The van der Waals surface area contributed by atoms with Crippen LogP contribution in [0, 0.1) is 0 Å². The van der Waals surface area contributed by atoms with Crippen molar-refractivity contribution in [3.8, 4) is 5.75 Å². The van der Waals surface area contributed by atoms with Crippen LogP contribution >= 0.6 is 19.2 Å². The Labute approximate surface area is 98.1 Å². The van der Waals surface area contributed by atoms with Gasteiger partial charge in [-0.3, -0.25) is 4.57 Å². The third kappa shape index (κ3) is 3.20. The Balaban J connectivity index is 3.20. The molecule has 0 bridgehead atoms. The summed E-state index contributed by atoms with van der Waals surface area (Å²) in [5.41, 5.74) is 0.278. The largest absolute Gasteiger partial charge is 0.497 e. The van der Waals surface area contributed by atoms with Gasteiger partial charge in [0.2, 0.25) is 0 Å². The van der Waals surface area contributed by atoms with Gasteiger partial charge in [0.05, 0.1) is 7.11 Å². The summed E-state index contributed by atoms with van der Waals surface area (Å²) in [7, 11) is -1.73. The van der Waals surface area contributed by atoms with E-state index in [4.69, 9.17) is 30.9 Å². The Morgan fingerprint density at radius 2 is 1.94 bits per heavy atom. The van der Waals surface area contributed by atoms with Gasteiger partial charge >= 0.3 is 7.60 Å². The molecule has 0 fully saturated rings. The number of halogens is 1. The Kier molecular flexibility index (Phi) is 4.35. The summed E-state index contributed by atoms with van der Waals surface area (Å²) >= 11 is 5.79. The summed E-state index contributed by atoms with van der Waals surface area (Å²) in [5.74, 6) is -0.918. The molecule has 5 nitrogen and oxygen atoms in total. The van der Waals surface area contributed by atoms with Gasteiger partial charge in [0.1, 0.15) is 5.75 Å². The molecule has 1 aromatic carbocycles. The molecular weight excluding hydrogens is 255 g/mol. The van der Waals surface area contributed by atoms with Gasteiger partial charge in [-0.25, -0.2) is 0 Å². The summed E-state index contributed by atoms with van der Waals surface area (Å²) < 4.78 is 20.9. The first kappa shape index (κ1) is 13.5. The van der Waals surface area contributed by atoms with Crippen LogP contribution in [0.5, 0.6) is 5.75 Å². The van der Waals surface area contributed by atoms with Gasteiger partial charge in [-0.05, 0) is 23.8 Å². The molecule has 2 N–H and O–H groups in total. The standard InChI is InChI=1S/C9H12ClO5P/c1-14-8-4-6(3-7(10)5-8)9(15-2)16(11,12)13/h3-5,9H,1-2H3,(H2,11,12,13). The number of ether oxygens (including phenoxy) is 2. The highest BCUT2D eigenvalue weighted by molar-refractivity contribution is 7.52. The van der Waals surface area contributed by atoms with Crippen LogP contribution in [0.1, 0.15) is 11.4 Å². The van der Waals surface area contributed by atoms with Crippen LogP contribution in [0.3, 0.4) is 0 Å². The topological polar surface area (TPSA) is 76.0 Å². The van der Waals surface area contributed by atoms with E-state index < -0.39 is 13.4 Å².